The molecule has 1 aromatic carbocycles. The standard InChI is InChI=1S/C15H17ClN4OS/c16-11-6-2-1-5-10(11)14-19-20-15(22-14)18-13(21)8-9-4-3-7-12(9)17/h1-2,5-6,9,12H,3-4,7-8,17H2,(H,18,20,21)/t9-,12+/m0/s1. The fourth-order valence-corrected chi connectivity index (χ4v) is 3.83. The fraction of sp³-hybridized carbons (Fsp3) is 0.400. The van der Waals surface area contributed by atoms with Gasteiger partial charge in [0.1, 0.15) is 0 Å². The molecule has 2 aromatic rings. The summed E-state index contributed by atoms with van der Waals surface area (Å²) in [7, 11) is 0. The van der Waals surface area contributed by atoms with E-state index in [0.717, 1.165) is 24.8 Å². The van der Waals surface area contributed by atoms with Crippen molar-refractivity contribution in [1.82, 2.24) is 10.2 Å². The summed E-state index contributed by atoms with van der Waals surface area (Å²) in [5.41, 5.74) is 6.82. The number of carbonyl (C=O) groups excluding carboxylic acids is 1. The van der Waals surface area contributed by atoms with Gasteiger partial charge in [0.2, 0.25) is 11.0 Å². The Bertz CT molecular complexity index is 675. The Morgan fingerprint density at radius 3 is 2.91 bits per heavy atom. The van der Waals surface area contributed by atoms with Gasteiger partial charge in [0.05, 0.1) is 5.02 Å². The Morgan fingerprint density at radius 1 is 1.36 bits per heavy atom. The zero-order valence-electron chi connectivity index (χ0n) is 12.0. The van der Waals surface area contributed by atoms with Crippen LogP contribution in [-0.4, -0.2) is 22.1 Å². The Morgan fingerprint density at radius 2 is 2.18 bits per heavy atom. The Kier molecular flexibility index (Phi) is 4.71. The van der Waals surface area contributed by atoms with Crippen molar-refractivity contribution in [1.29, 1.82) is 0 Å². The third-order valence-electron chi connectivity index (χ3n) is 3.94. The largest absolute Gasteiger partial charge is 0.327 e. The van der Waals surface area contributed by atoms with Crippen molar-refractivity contribution in [3.8, 4) is 10.6 Å². The first-order valence-corrected chi connectivity index (χ1v) is 8.47. The molecule has 1 aliphatic rings. The van der Waals surface area contributed by atoms with Gasteiger partial charge in [-0.15, -0.1) is 10.2 Å². The van der Waals surface area contributed by atoms with E-state index in [2.05, 4.69) is 15.5 Å². The lowest BCUT2D eigenvalue weighted by atomic mass is 10.00. The normalized spacial score (nSPS) is 21.0. The molecule has 1 saturated carbocycles. The number of nitrogens with zero attached hydrogens (tertiary/aromatic N) is 2. The maximum absolute atomic E-state index is 12.1. The van der Waals surface area contributed by atoms with Crippen LogP contribution in [0.1, 0.15) is 25.7 Å². The Balaban J connectivity index is 1.64. The highest BCUT2D eigenvalue weighted by atomic mass is 35.5. The summed E-state index contributed by atoms with van der Waals surface area (Å²) < 4.78 is 0. The summed E-state index contributed by atoms with van der Waals surface area (Å²) in [6.07, 6.45) is 3.58. The van der Waals surface area contributed by atoms with Crippen LogP contribution in [0.2, 0.25) is 5.02 Å². The molecule has 5 nitrogen and oxygen atoms in total. The Labute approximate surface area is 137 Å². The van der Waals surface area contributed by atoms with Gasteiger partial charge in [-0.05, 0) is 24.8 Å². The van der Waals surface area contributed by atoms with E-state index in [-0.39, 0.29) is 17.9 Å². The van der Waals surface area contributed by atoms with E-state index in [9.17, 15) is 4.79 Å². The minimum atomic E-state index is -0.0517. The summed E-state index contributed by atoms with van der Waals surface area (Å²) >= 11 is 7.46. The number of anilines is 1. The van der Waals surface area contributed by atoms with E-state index in [4.69, 9.17) is 17.3 Å². The number of hydrogen-bond donors (Lipinski definition) is 2. The number of rotatable bonds is 4. The van der Waals surface area contributed by atoms with Crippen molar-refractivity contribution in [3.05, 3.63) is 29.3 Å². The summed E-state index contributed by atoms with van der Waals surface area (Å²) in [5.74, 6) is 0.222. The van der Waals surface area contributed by atoms with Crippen molar-refractivity contribution in [2.75, 3.05) is 5.32 Å². The molecule has 1 aromatic heterocycles. The van der Waals surface area contributed by atoms with Gasteiger partial charge < -0.3 is 11.1 Å². The number of halogens is 1. The first-order valence-electron chi connectivity index (χ1n) is 7.27. The lowest BCUT2D eigenvalue weighted by Gasteiger charge is -2.13. The number of carbonyl (C=O) groups is 1. The molecule has 1 fully saturated rings. The highest BCUT2D eigenvalue weighted by Crippen LogP contribution is 2.32. The highest BCUT2D eigenvalue weighted by Gasteiger charge is 2.26. The van der Waals surface area contributed by atoms with Crippen molar-refractivity contribution < 1.29 is 4.79 Å². The average Bonchev–Trinajstić information content (AvgIpc) is 3.10. The van der Waals surface area contributed by atoms with Crippen molar-refractivity contribution in [2.24, 2.45) is 11.7 Å². The second-order valence-electron chi connectivity index (χ2n) is 5.50. The van der Waals surface area contributed by atoms with Crippen LogP contribution in [0.15, 0.2) is 24.3 Å². The lowest BCUT2D eigenvalue weighted by molar-refractivity contribution is -0.117. The van der Waals surface area contributed by atoms with Gasteiger partial charge in [-0.3, -0.25) is 4.79 Å². The molecular weight excluding hydrogens is 320 g/mol. The maximum atomic E-state index is 12.1. The summed E-state index contributed by atoms with van der Waals surface area (Å²) in [6.45, 7) is 0. The van der Waals surface area contributed by atoms with Crippen LogP contribution in [0.3, 0.4) is 0 Å². The van der Waals surface area contributed by atoms with Crippen LogP contribution in [0.4, 0.5) is 5.13 Å². The molecule has 1 amide bonds. The van der Waals surface area contributed by atoms with Crippen LogP contribution >= 0.6 is 22.9 Å². The molecule has 0 bridgehead atoms. The van der Waals surface area contributed by atoms with Crippen LogP contribution < -0.4 is 11.1 Å². The van der Waals surface area contributed by atoms with Gasteiger partial charge >= 0.3 is 0 Å². The molecule has 22 heavy (non-hydrogen) atoms. The number of benzene rings is 1. The molecule has 0 radical (unpaired) electrons. The van der Waals surface area contributed by atoms with Crippen LogP contribution in [0.25, 0.3) is 10.6 Å². The zero-order valence-corrected chi connectivity index (χ0v) is 13.5. The SMILES string of the molecule is N[C@@H]1CCC[C@H]1CC(=O)Nc1nnc(-c2ccccc2Cl)s1. The maximum Gasteiger partial charge on any atom is 0.226 e. The molecule has 3 rings (SSSR count). The van der Waals surface area contributed by atoms with Crippen molar-refractivity contribution in [3.63, 3.8) is 0 Å². The van der Waals surface area contributed by atoms with Gasteiger partial charge in [-0.2, -0.15) is 0 Å². The zero-order chi connectivity index (χ0) is 15.5. The number of hydrogen-bond acceptors (Lipinski definition) is 5. The van der Waals surface area contributed by atoms with Gasteiger partial charge in [-0.25, -0.2) is 0 Å². The number of amides is 1. The van der Waals surface area contributed by atoms with Gasteiger partial charge in [0.25, 0.3) is 0 Å². The van der Waals surface area contributed by atoms with Crippen molar-refractivity contribution in [2.45, 2.75) is 31.7 Å². The van der Waals surface area contributed by atoms with E-state index < -0.39 is 0 Å². The predicted octanol–water partition coefficient (Wildman–Crippen LogP) is 3.31. The molecule has 3 N–H and O–H groups in total. The predicted molar refractivity (Wildman–Crippen MR) is 88.9 cm³/mol. The molecule has 1 aliphatic carbocycles. The third-order valence-corrected chi connectivity index (χ3v) is 5.14. The smallest absolute Gasteiger partial charge is 0.226 e. The summed E-state index contributed by atoms with van der Waals surface area (Å²) in [4.78, 5) is 12.1. The van der Waals surface area contributed by atoms with E-state index >= 15 is 0 Å². The molecule has 7 heteroatoms. The van der Waals surface area contributed by atoms with Crippen molar-refractivity contribution >= 4 is 34.0 Å². The lowest BCUT2D eigenvalue weighted by Crippen LogP contribution is -2.28. The topological polar surface area (TPSA) is 80.9 Å². The molecule has 0 spiro atoms. The first-order chi connectivity index (χ1) is 10.6. The monoisotopic (exact) mass is 336 g/mol. The average molecular weight is 337 g/mol. The summed E-state index contributed by atoms with van der Waals surface area (Å²) in [6, 6.07) is 7.58. The Hall–Kier alpha value is -1.50. The molecule has 1 heterocycles. The number of nitrogens with two attached hydrogens (primary N) is 1. The second-order valence-corrected chi connectivity index (χ2v) is 6.88. The number of nitrogens with one attached hydrogen (secondary N) is 1. The second kappa shape index (κ2) is 6.73. The van der Waals surface area contributed by atoms with Crippen LogP contribution in [0.5, 0.6) is 0 Å². The van der Waals surface area contributed by atoms with E-state index in [0.29, 0.717) is 21.6 Å². The minimum Gasteiger partial charge on any atom is -0.327 e. The van der Waals surface area contributed by atoms with Gasteiger partial charge in [0, 0.05) is 18.0 Å². The third kappa shape index (κ3) is 3.45. The van der Waals surface area contributed by atoms with Crippen LogP contribution in [-0.2, 0) is 4.79 Å². The van der Waals surface area contributed by atoms with Gasteiger partial charge in [-0.1, -0.05) is 47.6 Å². The van der Waals surface area contributed by atoms with Gasteiger partial charge in [0.15, 0.2) is 5.01 Å². The molecule has 2 atom stereocenters. The number of aromatic nitrogens is 2. The first kappa shape index (κ1) is 15.4. The van der Waals surface area contributed by atoms with E-state index in [1.807, 2.05) is 18.2 Å². The van der Waals surface area contributed by atoms with E-state index in [1.165, 1.54) is 11.3 Å². The quantitative estimate of drug-likeness (QED) is 0.897. The minimum absolute atomic E-state index is 0.0517. The van der Waals surface area contributed by atoms with Crippen LogP contribution in [0, 0.1) is 5.92 Å². The highest BCUT2D eigenvalue weighted by molar-refractivity contribution is 7.18. The fourth-order valence-electron chi connectivity index (χ4n) is 2.74. The summed E-state index contributed by atoms with van der Waals surface area (Å²) in [5, 5.41) is 12.7. The molecule has 0 aliphatic heterocycles. The molecular formula is C15H17ClN4OS. The van der Waals surface area contributed by atoms with E-state index in [1.54, 1.807) is 6.07 Å². The molecule has 0 unspecified atom stereocenters. The molecule has 116 valence electrons. The molecule has 0 saturated heterocycles.